The van der Waals surface area contributed by atoms with Gasteiger partial charge in [-0.25, -0.2) is 0 Å². The SMILES string of the molecule is CN(C)CC(=O)Nc1sc2c(c1C(N)=O)CCCC2. The molecule has 1 aromatic heterocycles. The number of likely N-dealkylation sites (N-methyl/N-ethyl adjacent to an activating group) is 1. The average molecular weight is 281 g/mol. The maximum absolute atomic E-state index is 11.8. The van der Waals surface area contributed by atoms with Crippen molar-refractivity contribution in [3.63, 3.8) is 0 Å². The van der Waals surface area contributed by atoms with E-state index in [0.717, 1.165) is 31.2 Å². The van der Waals surface area contributed by atoms with Gasteiger partial charge < -0.3 is 16.0 Å². The van der Waals surface area contributed by atoms with Crippen molar-refractivity contribution in [2.24, 2.45) is 5.73 Å². The summed E-state index contributed by atoms with van der Waals surface area (Å²) in [6.07, 6.45) is 4.07. The molecule has 2 rings (SSSR count). The highest BCUT2D eigenvalue weighted by atomic mass is 32.1. The van der Waals surface area contributed by atoms with Gasteiger partial charge in [0.05, 0.1) is 12.1 Å². The van der Waals surface area contributed by atoms with Gasteiger partial charge in [-0.3, -0.25) is 9.59 Å². The minimum atomic E-state index is -0.445. The van der Waals surface area contributed by atoms with Crippen molar-refractivity contribution in [1.29, 1.82) is 0 Å². The summed E-state index contributed by atoms with van der Waals surface area (Å²) in [7, 11) is 3.65. The van der Waals surface area contributed by atoms with Crippen molar-refractivity contribution in [2.45, 2.75) is 25.7 Å². The second-order valence-corrected chi connectivity index (χ2v) is 6.17. The third kappa shape index (κ3) is 3.13. The third-order valence-corrected chi connectivity index (χ3v) is 4.34. The van der Waals surface area contributed by atoms with E-state index in [1.54, 1.807) is 4.90 Å². The third-order valence-electron chi connectivity index (χ3n) is 3.13. The Morgan fingerprint density at radius 3 is 2.63 bits per heavy atom. The molecule has 5 nitrogen and oxygen atoms in total. The number of primary amides is 1. The molecule has 0 spiro atoms. The van der Waals surface area contributed by atoms with E-state index >= 15 is 0 Å². The van der Waals surface area contributed by atoms with Crippen molar-refractivity contribution in [3.8, 4) is 0 Å². The highest BCUT2D eigenvalue weighted by molar-refractivity contribution is 7.17. The Bertz CT molecular complexity index is 508. The van der Waals surface area contributed by atoms with Crippen LogP contribution >= 0.6 is 11.3 Å². The molecule has 0 atom stereocenters. The zero-order chi connectivity index (χ0) is 14.0. The van der Waals surface area contributed by atoms with Crippen molar-refractivity contribution in [3.05, 3.63) is 16.0 Å². The number of hydrogen-bond donors (Lipinski definition) is 2. The monoisotopic (exact) mass is 281 g/mol. The van der Waals surface area contributed by atoms with Gasteiger partial charge in [-0.1, -0.05) is 0 Å². The average Bonchev–Trinajstić information content (AvgIpc) is 2.64. The van der Waals surface area contributed by atoms with E-state index in [2.05, 4.69) is 5.32 Å². The molecule has 6 heteroatoms. The molecule has 1 heterocycles. The van der Waals surface area contributed by atoms with Gasteiger partial charge in [-0.15, -0.1) is 11.3 Å². The first-order valence-corrected chi connectivity index (χ1v) is 7.19. The van der Waals surface area contributed by atoms with Crippen molar-refractivity contribution in [1.82, 2.24) is 4.90 Å². The quantitative estimate of drug-likeness (QED) is 0.871. The number of aryl methyl sites for hydroxylation is 1. The summed E-state index contributed by atoms with van der Waals surface area (Å²) in [5.41, 5.74) is 7.03. The summed E-state index contributed by atoms with van der Waals surface area (Å²) in [5, 5.41) is 3.43. The molecule has 3 N–H and O–H groups in total. The summed E-state index contributed by atoms with van der Waals surface area (Å²) in [6.45, 7) is 0.292. The molecule has 1 aliphatic carbocycles. The maximum Gasteiger partial charge on any atom is 0.251 e. The number of anilines is 1. The van der Waals surface area contributed by atoms with Gasteiger partial charge in [-0.2, -0.15) is 0 Å². The van der Waals surface area contributed by atoms with Crippen LogP contribution in [0.15, 0.2) is 0 Å². The van der Waals surface area contributed by atoms with Gasteiger partial charge in [0.15, 0.2) is 0 Å². The number of nitrogens with one attached hydrogen (secondary N) is 1. The lowest BCUT2D eigenvalue weighted by molar-refractivity contribution is -0.116. The van der Waals surface area contributed by atoms with Crippen LogP contribution in [-0.4, -0.2) is 37.4 Å². The zero-order valence-electron chi connectivity index (χ0n) is 11.3. The first kappa shape index (κ1) is 14.0. The molecule has 0 radical (unpaired) electrons. The number of amides is 2. The van der Waals surface area contributed by atoms with Gasteiger partial charge in [0, 0.05) is 4.88 Å². The van der Waals surface area contributed by atoms with Gasteiger partial charge in [0.1, 0.15) is 5.00 Å². The van der Waals surface area contributed by atoms with E-state index in [-0.39, 0.29) is 5.91 Å². The lowest BCUT2D eigenvalue weighted by Gasteiger charge is -2.11. The molecule has 104 valence electrons. The minimum absolute atomic E-state index is 0.119. The second-order valence-electron chi connectivity index (χ2n) is 5.07. The van der Waals surface area contributed by atoms with Gasteiger partial charge in [-0.05, 0) is 45.3 Å². The molecular formula is C13H19N3O2S. The van der Waals surface area contributed by atoms with Gasteiger partial charge >= 0.3 is 0 Å². The van der Waals surface area contributed by atoms with E-state index in [1.807, 2.05) is 14.1 Å². The van der Waals surface area contributed by atoms with Crippen LogP contribution in [-0.2, 0) is 17.6 Å². The summed E-state index contributed by atoms with van der Waals surface area (Å²) >= 11 is 1.49. The van der Waals surface area contributed by atoms with Crippen molar-refractivity contribution < 1.29 is 9.59 Å². The summed E-state index contributed by atoms with van der Waals surface area (Å²) in [4.78, 5) is 26.4. The zero-order valence-corrected chi connectivity index (χ0v) is 12.1. The van der Waals surface area contributed by atoms with Crippen LogP contribution in [0.1, 0.15) is 33.6 Å². The molecule has 1 aliphatic rings. The van der Waals surface area contributed by atoms with Crippen molar-refractivity contribution in [2.75, 3.05) is 26.0 Å². The lowest BCUT2D eigenvalue weighted by atomic mass is 9.95. The number of thiophene rings is 1. The fourth-order valence-electron chi connectivity index (χ4n) is 2.37. The standard InChI is InChI=1S/C13H19N3O2S/c1-16(2)7-10(17)15-13-11(12(14)18)8-5-3-4-6-9(8)19-13/h3-7H2,1-2H3,(H2,14,18)(H,15,17). The Labute approximate surface area is 116 Å². The molecule has 19 heavy (non-hydrogen) atoms. The van der Waals surface area contributed by atoms with E-state index in [9.17, 15) is 9.59 Å². The number of hydrogen-bond acceptors (Lipinski definition) is 4. The molecule has 0 unspecified atom stereocenters. The number of nitrogens with zero attached hydrogens (tertiary/aromatic N) is 1. The van der Waals surface area contributed by atoms with Crippen LogP contribution in [0, 0.1) is 0 Å². The predicted octanol–water partition coefficient (Wildman–Crippen LogP) is 1.23. The van der Waals surface area contributed by atoms with E-state index in [0.29, 0.717) is 17.1 Å². The molecule has 0 aliphatic heterocycles. The highest BCUT2D eigenvalue weighted by Crippen LogP contribution is 2.37. The van der Waals surface area contributed by atoms with E-state index < -0.39 is 5.91 Å². The summed E-state index contributed by atoms with van der Waals surface area (Å²) < 4.78 is 0. The largest absolute Gasteiger partial charge is 0.365 e. The summed E-state index contributed by atoms with van der Waals surface area (Å²) in [5.74, 6) is -0.564. The Balaban J connectivity index is 2.27. The van der Waals surface area contributed by atoms with Crippen molar-refractivity contribution >= 4 is 28.2 Å². The molecule has 0 aromatic carbocycles. The van der Waals surface area contributed by atoms with Crippen LogP contribution in [0.2, 0.25) is 0 Å². The number of carbonyl (C=O) groups is 2. The number of nitrogens with two attached hydrogens (primary N) is 1. The molecule has 1 aromatic rings. The molecule has 0 bridgehead atoms. The predicted molar refractivity (Wildman–Crippen MR) is 76.7 cm³/mol. The fourth-order valence-corrected chi connectivity index (χ4v) is 3.68. The Morgan fingerprint density at radius 2 is 2.00 bits per heavy atom. The lowest BCUT2D eigenvalue weighted by Crippen LogP contribution is -2.27. The van der Waals surface area contributed by atoms with Gasteiger partial charge in [0.25, 0.3) is 5.91 Å². The summed E-state index contributed by atoms with van der Waals surface area (Å²) in [6, 6.07) is 0. The van der Waals surface area contributed by atoms with Crippen LogP contribution in [0.25, 0.3) is 0 Å². The molecule has 0 saturated carbocycles. The topological polar surface area (TPSA) is 75.4 Å². The number of fused-ring (bicyclic) bond motifs is 1. The van der Waals surface area contributed by atoms with E-state index in [1.165, 1.54) is 16.2 Å². The molecular weight excluding hydrogens is 262 g/mol. The first-order valence-electron chi connectivity index (χ1n) is 6.38. The molecule has 0 saturated heterocycles. The first-order chi connectivity index (χ1) is 8.99. The highest BCUT2D eigenvalue weighted by Gasteiger charge is 2.24. The normalized spacial score (nSPS) is 14.3. The smallest absolute Gasteiger partial charge is 0.251 e. The Kier molecular flexibility index (Phi) is 4.21. The number of rotatable bonds is 4. The number of carbonyl (C=O) groups excluding carboxylic acids is 2. The van der Waals surface area contributed by atoms with Crippen LogP contribution in [0.5, 0.6) is 0 Å². The van der Waals surface area contributed by atoms with Gasteiger partial charge in [0.2, 0.25) is 5.91 Å². The van der Waals surface area contributed by atoms with Crippen LogP contribution in [0.3, 0.4) is 0 Å². The molecule has 2 amide bonds. The Morgan fingerprint density at radius 1 is 1.32 bits per heavy atom. The second kappa shape index (κ2) is 5.71. The molecule has 0 fully saturated rings. The van der Waals surface area contributed by atoms with Crippen LogP contribution < -0.4 is 11.1 Å². The fraction of sp³-hybridized carbons (Fsp3) is 0.538. The van der Waals surface area contributed by atoms with Crippen LogP contribution in [0.4, 0.5) is 5.00 Å². The van der Waals surface area contributed by atoms with E-state index in [4.69, 9.17) is 5.73 Å². The Hall–Kier alpha value is -1.40. The maximum atomic E-state index is 11.8. The minimum Gasteiger partial charge on any atom is -0.365 e.